The van der Waals surface area contributed by atoms with Gasteiger partial charge in [0.15, 0.2) is 0 Å². The molecule has 24 heavy (non-hydrogen) atoms. The van der Waals surface area contributed by atoms with Crippen LogP contribution in [0.2, 0.25) is 0 Å². The molecule has 0 saturated carbocycles. The molecule has 0 aliphatic carbocycles. The number of benzene rings is 2. The van der Waals surface area contributed by atoms with Crippen molar-refractivity contribution in [2.24, 2.45) is 0 Å². The van der Waals surface area contributed by atoms with E-state index < -0.39 is 5.97 Å². The Balaban J connectivity index is 2.14. The van der Waals surface area contributed by atoms with Crippen molar-refractivity contribution in [3.63, 3.8) is 0 Å². The van der Waals surface area contributed by atoms with Gasteiger partial charge in [-0.2, -0.15) is 0 Å². The lowest BCUT2D eigenvalue weighted by Gasteiger charge is -2.11. The molecular formula is C19H18N2O3. The first-order chi connectivity index (χ1) is 11.7. The Kier molecular flexibility index (Phi) is 4.70. The van der Waals surface area contributed by atoms with Gasteiger partial charge < -0.3 is 9.47 Å². The second-order valence-electron chi connectivity index (χ2n) is 5.29. The Hall–Kier alpha value is -2.95. The van der Waals surface area contributed by atoms with Crippen molar-refractivity contribution < 1.29 is 14.3 Å². The molecule has 0 N–H and O–H groups in total. The van der Waals surface area contributed by atoms with Crippen LogP contribution in [0.4, 0.5) is 0 Å². The van der Waals surface area contributed by atoms with Gasteiger partial charge in [0.05, 0.1) is 30.3 Å². The Labute approximate surface area is 140 Å². The summed E-state index contributed by atoms with van der Waals surface area (Å²) in [4.78, 5) is 21.0. The monoisotopic (exact) mass is 322 g/mol. The van der Waals surface area contributed by atoms with Gasteiger partial charge in [-0.15, -0.1) is 0 Å². The van der Waals surface area contributed by atoms with Crippen LogP contribution in [0.15, 0.2) is 48.5 Å². The molecule has 0 aliphatic rings. The van der Waals surface area contributed by atoms with Gasteiger partial charge in [0.1, 0.15) is 5.69 Å². The molecule has 0 atom stereocenters. The first-order valence-corrected chi connectivity index (χ1v) is 7.81. The molecule has 3 aromatic rings. The molecule has 3 rings (SSSR count). The van der Waals surface area contributed by atoms with Crippen molar-refractivity contribution in [2.45, 2.75) is 13.3 Å². The van der Waals surface area contributed by atoms with E-state index in [0.717, 1.165) is 12.0 Å². The van der Waals surface area contributed by atoms with Crippen LogP contribution < -0.4 is 4.74 Å². The van der Waals surface area contributed by atoms with Gasteiger partial charge in [0, 0.05) is 5.56 Å². The molecule has 0 fully saturated rings. The minimum absolute atomic E-state index is 0.401. The second-order valence-corrected chi connectivity index (χ2v) is 5.29. The summed E-state index contributed by atoms with van der Waals surface area (Å²) in [6.45, 7) is 2.59. The fraction of sp³-hybridized carbons (Fsp3) is 0.211. The van der Waals surface area contributed by atoms with Crippen LogP contribution in [0.1, 0.15) is 23.7 Å². The summed E-state index contributed by atoms with van der Waals surface area (Å²) >= 11 is 0. The third-order valence-electron chi connectivity index (χ3n) is 3.54. The highest BCUT2D eigenvalue weighted by Gasteiger charge is 2.14. The lowest BCUT2D eigenvalue weighted by Crippen LogP contribution is -2.04. The van der Waals surface area contributed by atoms with E-state index in [4.69, 9.17) is 9.47 Å². The normalized spacial score (nSPS) is 10.6. The number of ether oxygens (including phenoxy) is 2. The third kappa shape index (κ3) is 3.20. The van der Waals surface area contributed by atoms with E-state index in [1.807, 2.05) is 37.3 Å². The number of nitrogens with zero attached hydrogens (tertiary/aromatic N) is 2. The second kappa shape index (κ2) is 7.08. The smallest absolute Gasteiger partial charge is 0.337 e. The standard InChI is InChI=1S/C19H18N2O3/c1-3-11-24-18-17(13-7-5-4-6-8-13)20-15-10-9-14(19(22)23-2)12-16(15)21-18/h4-10,12H,3,11H2,1-2H3. The molecule has 5 heteroatoms. The Morgan fingerprint density at radius 2 is 1.83 bits per heavy atom. The number of methoxy groups -OCH3 is 1. The number of rotatable bonds is 5. The summed E-state index contributed by atoms with van der Waals surface area (Å²) in [7, 11) is 1.35. The highest BCUT2D eigenvalue weighted by Crippen LogP contribution is 2.29. The molecule has 0 radical (unpaired) electrons. The van der Waals surface area contributed by atoms with Crippen LogP contribution in [-0.2, 0) is 4.74 Å². The van der Waals surface area contributed by atoms with Crippen LogP contribution in [0.25, 0.3) is 22.3 Å². The van der Waals surface area contributed by atoms with Gasteiger partial charge >= 0.3 is 5.97 Å². The zero-order chi connectivity index (χ0) is 16.9. The summed E-state index contributed by atoms with van der Waals surface area (Å²) in [6.07, 6.45) is 0.871. The number of esters is 1. The lowest BCUT2D eigenvalue weighted by molar-refractivity contribution is 0.0601. The van der Waals surface area contributed by atoms with E-state index in [1.165, 1.54) is 7.11 Å². The van der Waals surface area contributed by atoms with Gasteiger partial charge in [-0.1, -0.05) is 37.3 Å². The maximum atomic E-state index is 11.7. The van der Waals surface area contributed by atoms with E-state index in [9.17, 15) is 4.79 Å². The minimum Gasteiger partial charge on any atom is -0.476 e. The van der Waals surface area contributed by atoms with Gasteiger partial charge in [-0.05, 0) is 24.6 Å². The summed E-state index contributed by atoms with van der Waals surface area (Å²) < 4.78 is 10.5. The van der Waals surface area contributed by atoms with E-state index in [1.54, 1.807) is 18.2 Å². The van der Waals surface area contributed by atoms with Crippen LogP contribution in [0.5, 0.6) is 5.88 Å². The van der Waals surface area contributed by atoms with E-state index in [2.05, 4.69) is 9.97 Å². The first kappa shape index (κ1) is 15.9. The maximum absolute atomic E-state index is 11.7. The third-order valence-corrected chi connectivity index (χ3v) is 3.54. The van der Waals surface area contributed by atoms with Crippen molar-refractivity contribution in [1.82, 2.24) is 9.97 Å². The predicted octanol–water partition coefficient (Wildman–Crippen LogP) is 3.87. The zero-order valence-corrected chi connectivity index (χ0v) is 13.7. The maximum Gasteiger partial charge on any atom is 0.337 e. The molecular weight excluding hydrogens is 304 g/mol. The molecule has 0 bridgehead atoms. The number of aromatic nitrogens is 2. The molecule has 0 unspecified atom stereocenters. The van der Waals surface area contributed by atoms with Crippen molar-refractivity contribution >= 4 is 17.0 Å². The minimum atomic E-state index is -0.401. The molecule has 0 saturated heterocycles. The average Bonchev–Trinajstić information content (AvgIpc) is 2.65. The van der Waals surface area contributed by atoms with Gasteiger partial charge in [0.2, 0.25) is 5.88 Å². The van der Waals surface area contributed by atoms with E-state index >= 15 is 0 Å². The zero-order valence-electron chi connectivity index (χ0n) is 13.7. The summed E-state index contributed by atoms with van der Waals surface area (Å²) in [5.74, 6) is 0.0689. The highest BCUT2D eigenvalue weighted by molar-refractivity contribution is 5.94. The molecule has 1 heterocycles. The van der Waals surface area contributed by atoms with E-state index in [0.29, 0.717) is 34.8 Å². The highest BCUT2D eigenvalue weighted by atomic mass is 16.5. The van der Waals surface area contributed by atoms with Gasteiger partial charge in [-0.25, -0.2) is 14.8 Å². The summed E-state index contributed by atoms with van der Waals surface area (Å²) in [5.41, 5.74) is 3.37. The van der Waals surface area contributed by atoms with Crippen LogP contribution >= 0.6 is 0 Å². The Bertz CT molecular complexity index is 863. The SMILES string of the molecule is CCCOc1nc2cc(C(=O)OC)ccc2nc1-c1ccccc1. The largest absolute Gasteiger partial charge is 0.476 e. The van der Waals surface area contributed by atoms with Gasteiger partial charge in [0.25, 0.3) is 0 Å². The fourth-order valence-electron chi connectivity index (χ4n) is 2.37. The first-order valence-electron chi connectivity index (χ1n) is 7.81. The average molecular weight is 322 g/mol. The number of fused-ring (bicyclic) bond motifs is 1. The molecule has 0 aliphatic heterocycles. The number of hydrogen-bond acceptors (Lipinski definition) is 5. The quantitative estimate of drug-likeness (QED) is 0.667. The fourth-order valence-corrected chi connectivity index (χ4v) is 2.37. The summed E-state index contributed by atoms with van der Waals surface area (Å²) in [6, 6.07) is 14.9. The number of carbonyl (C=O) groups is 1. The molecule has 2 aromatic carbocycles. The molecule has 0 spiro atoms. The van der Waals surface area contributed by atoms with Crippen LogP contribution in [0.3, 0.4) is 0 Å². The number of hydrogen-bond donors (Lipinski definition) is 0. The Morgan fingerprint density at radius 1 is 1.04 bits per heavy atom. The molecule has 1 aromatic heterocycles. The topological polar surface area (TPSA) is 61.3 Å². The molecule has 5 nitrogen and oxygen atoms in total. The lowest BCUT2D eigenvalue weighted by atomic mass is 10.1. The van der Waals surface area contributed by atoms with Crippen molar-refractivity contribution in [3.05, 3.63) is 54.1 Å². The van der Waals surface area contributed by atoms with Crippen molar-refractivity contribution in [2.75, 3.05) is 13.7 Å². The number of carbonyl (C=O) groups excluding carboxylic acids is 1. The van der Waals surface area contributed by atoms with E-state index in [-0.39, 0.29) is 0 Å². The molecule has 122 valence electrons. The Morgan fingerprint density at radius 3 is 2.54 bits per heavy atom. The van der Waals surface area contributed by atoms with Crippen LogP contribution in [-0.4, -0.2) is 29.7 Å². The molecule has 0 amide bonds. The predicted molar refractivity (Wildman–Crippen MR) is 92.1 cm³/mol. The van der Waals surface area contributed by atoms with Crippen molar-refractivity contribution in [1.29, 1.82) is 0 Å². The summed E-state index contributed by atoms with van der Waals surface area (Å²) in [5, 5.41) is 0. The van der Waals surface area contributed by atoms with Crippen molar-refractivity contribution in [3.8, 4) is 17.1 Å². The van der Waals surface area contributed by atoms with Crippen LogP contribution in [0, 0.1) is 0 Å². The van der Waals surface area contributed by atoms with Gasteiger partial charge in [-0.3, -0.25) is 0 Å².